The zero-order valence-electron chi connectivity index (χ0n) is 11.4. The minimum Gasteiger partial charge on any atom is -0.387 e. The zero-order chi connectivity index (χ0) is 13.9. The third-order valence-corrected chi connectivity index (χ3v) is 3.62. The van der Waals surface area contributed by atoms with Gasteiger partial charge in [-0.2, -0.15) is 5.10 Å². The van der Waals surface area contributed by atoms with Crippen molar-refractivity contribution in [3.63, 3.8) is 0 Å². The van der Waals surface area contributed by atoms with E-state index in [2.05, 4.69) is 10.1 Å². The maximum atomic E-state index is 10.4. The van der Waals surface area contributed by atoms with E-state index in [0.29, 0.717) is 6.42 Å². The summed E-state index contributed by atoms with van der Waals surface area (Å²) < 4.78 is 1.84. The highest BCUT2D eigenvalue weighted by atomic mass is 16.3. The fourth-order valence-corrected chi connectivity index (χ4v) is 2.48. The van der Waals surface area contributed by atoms with Crippen molar-refractivity contribution in [2.45, 2.75) is 18.9 Å². The Morgan fingerprint density at radius 2 is 2.00 bits per heavy atom. The van der Waals surface area contributed by atoms with Crippen LogP contribution in [0.2, 0.25) is 0 Å². The van der Waals surface area contributed by atoms with Gasteiger partial charge in [0, 0.05) is 30.5 Å². The number of pyridine rings is 1. The second-order valence-corrected chi connectivity index (χ2v) is 4.92. The van der Waals surface area contributed by atoms with E-state index in [4.69, 9.17) is 0 Å². The standard InChI is InChI=1S/C16H17N3O/c1-19-13(9-11-18-19)6-7-15(20)16-14-5-3-2-4-12(14)8-10-17-16/h2-5,8-11,15,20H,6-7H2,1H3. The molecular weight excluding hydrogens is 250 g/mol. The highest BCUT2D eigenvalue weighted by Crippen LogP contribution is 2.24. The molecule has 1 N–H and O–H groups in total. The van der Waals surface area contributed by atoms with Gasteiger partial charge in [0.15, 0.2) is 0 Å². The predicted molar refractivity (Wildman–Crippen MR) is 78.2 cm³/mol. The monoisotopic (exact) mass is 267 g/mol. The van der Waals surface area contributed by atoms with E-state index in [-0.39, 0.29) is 0 Å². The number of aryl methyl sites for hydroxylation is 2. The summed E-state index contributed by atoms with van der Waals surface area (Å²) in [5, 5.41) is 16.7. The van der Waals surface area contributed by atoms with Crippen molar-refractivity contribution in [3.05, 3.63) is 60.2 Å². The summed E-state index contributed by atoms with van der Waals surface area (Å²) in [7, 11) is 1.91. The fraction of sp³-hybridized carbons (Fsp3) is 0.250. The Morgan fingerprint density at radius 1 is 1.15 bits per heavy atom. The lowest BCUT2D eigenvalue weighted by Crippen LogP contribution is -2.05. The molecular formula is C16H17N3O. The molecule has 2 aromatic heterocycles. The van der Waals surface area contributed by atoms with Crippen LogP contribution in [0.3, 0.4) is 0 Å². The Labute approximate surface area is 117 Å². The molecule has 0 aliphatic carbocycles. The average molecular weight is 267 g/mol. The highest BCUT2D eigenvalue weighted by Gasteiger charge is 2.13. The van der Waals surface area contributed by atoms with Crippen LogP contribution in [-0.2, 0) is 13.5 Å². The van der Waals surface area contributed by atoms with E-state index >= 15 is 0 Å². The number of hydrogen-bond acceptors (Lipinski definition) is 3. The van der Waals surface area contributed by atoms with Crippen molar-refractivity contribution in [2.75, 3.05) is 0 Å². The molecule has 0 saturated carbocycles. The first-order valence-electron chi connectivity index (χ1n) is 6.74. The molecule has 0 aliphatic rings. The molecule has 0 amide bonds. The third kappa shape index (κ3) is 2.42. The topological polar surface area (TPSA) is 50.9 Å². The van der Waals surface area contributed by atoms with E-state index in [1.54, 1.807) is 12.4 Å². The van der Waals surface area contributed by atoms with Gasteiger partial charge in [-0.3, -0.25) is 9.67 Å². The third-order valence-electron chi connectivity index (χ3n) is 3.62. The van der Waals surface area contributed by atoms with Crippen LogP contribution in [0.5, 0.6) is 0 Å². The van der Waals surface area contributed by atoms with Crippen molar-refractivity contribution >= 4 is 10.8 Å². The Kier molecular flexibility index (Phi) is 3.48. The Hall–Kier alpha value is -2.20. The van der Waals surface area contributed by atoms with Gasteiger partial charge < -0.3 is 5.11 Å². The van der Waals surface area contributed by atoms with Crippen LogP contribution in [0.25, 0.3) is 10.8 Å². The maximum Gasteiger partial charge on any atom is 0.0969 e. The summed E-state index contributed by atoms with van der Waals surface area (Å²) in [5.74, 6) is 0. The van der Waals surface area contributed by atoms with Gasteiger partial charge in [0.25, 0.3) is 0 Å². The summed E-state index contributed by atoms with van der Waals surface area (Å²) in [6.07, 6.45) is 4.39. The smallest absolute Gasteiger partial charge is 0.0969 e. The van der Waals surface area contributed by atoms with Crippen molar-refractivity contribution in [2.24, 2.45) is 7.05 Å². The Balaban J connectivity index is 1.82. The van der Waals surface area contributed by atoms with Crippen LogP contribution in [0.1, 0.15) is 23.9 Å². The fourth-order valence-electron chi connectivity index (χ4n) is 2.48. The van der Waals surface area contributed by atoms with Crippen LogP contribution in [-0.4, -0.2) is 19.9 Å². The van der Waals surface area contributed by atoms with Crippen LogP contribution in [0, 0.1) is 0 Å². The molecule has 102 valence electrons. The van der Waals surface area contributed by atoms with E-state index < -0.39 is 6.10 Å². The summed E-state index contributed by atoms with van der Waals surface area (Å²) in [5.41, 5.74) is 1.87. The number of aliphatic hydroxyl groups excluding tert-OH is 1. The minimum atomic E-state index is -0.559. The van der Waals surface area contributed by atoms with Crippen molar-refractivity contribution in [3.8, 4) is 0 Å². The lowest BCUT2D eigenvalue weighted by Gasteiger charge is -2.12. The number of aromatic nitrogens is 3. The van der Waals surface area contributed by atoms with Gasteiger partial charge in [-0.05, 0) is 30.4 Å². The van der Waals surface area contributed by atoms with Gasteiger partial charge in [0.2, 0.25) is 0 Å². The Bertz CT molecular complexity index is 715. The molecule has 3 rings (SSSR count). The minimum absolute atomic E-state index is 0.559. The van der Waals surface area contributed by atoms with E-state index in [1.165, 1.54) is 0 Å². The molecule has 1 aromatic carbocycles. The van der Waals surface area contributed by atoms with Crippen LogP contribution < -0.4 is 0 Å². The molecule has 4 heteroatoms. The molecule has 20 heavy (non-hydrogen) atoms. The quantitative estimate of drug-likeness (QED) is 0.790. The lowest BCUT2D eigenvalue weighted by molar-refractivity contribution is 0.164. The molecule has 0 aliphatic heterocycles. The predicted octanol–water partition coefficient (Wildman–Crippen LogP) is 2.63. The van der Waals surface area contributed by atoms with Crippen molar-refractivity contribution in [1.82, 2.24) is 14.8 Å². The molecule has 0 fully saturated rings. The highest BCUT2D eigenvalue weighted by molar-refractivity contribution is 5.84. The molecule has 3 aromatic rings. The van der Waals surface area contributed by atoms with Gasteiger partial charge in [-0.25, -0.2) is 0 Å². The van der Waals surface area contributed by atoms with Crippen molar-refractivity contribution in [1.29, 1.82) is 0 Å². The number of benzene rings is 1. The largest absolute Gasteiger partial charge is 0.387 e. The molecule has 1 atom stereocenters. The van der Waals surface area contributed by atoms with Gasteiger partial charge in [0.1, 0.15) is 0 Å². The SMILES string of the molecule is Cn1nccc1CCC(O)c1nccc2ccccc12. The number of nitrogens with zero attached hydrogens (tertiary/aromatic N) is 3. The van der Waals surface area contributed by atoms with Crippen LogP contribution >= 0.6 is 0 Å². The van der Waals surface area contributed by atoms with Gasteiger partial charge in [0.05, 0.1) is 11.8 Å². The second kappa shape index (κ2) is 5.43. The molecule has 4 nitrogen and oxygen atoms in total. The average Bonchev–Trinajstić information content (AvgIpc) is 2.89. The molecule has 0 bridgehead atoms. The van der Waals surface area contributed by atoms with Gasteiger partial charge >= 0.3 is 0 Å². The number of hydrogen-bond donors (Lipinski definition) is 1. The maximum absolute atomic E-state index is 10.4. The molecule has 0 saturated heterocycles. The number of aliphatic hydroxyl groups is 1. The first-order valence-corrected chi connectivity index (χ1v) is 6.74. The van der Waals surface area contributed by atoms with E-state index in [1.807, 2.05) is 48.1 Å². The van der Waals surface area contributed by atoms with E-state index in [9.17, 15) is 5.11 Å². The Morgan fingerprint density at radius 3 is 2.80 bits per heavy atom. The van der Waals surface area contributed by atoms with Gasteiger partial charge in [-0.15, -0.1) is 0 Å². The summed E-state index contributed by atoms with van der Waals surface area (Å²) in [6.45, 7) is 0. The molecule has 1 unspecified atom stereocenters. The summed E-state index contributed by atoms with van der Waals surface area (Å²) in [6, 6.07) is 11.9. The second-order valence-electron chi connectivity index (χ2n) is 4.92. The number of rotatable bonds is 4. The first kappa shape index (κ1) is 12.8. The van der Waals surface area contributed by atoms with E-state index in [0.717, 1.165) is 28.6 Å². The van der Waals surface area contributed by atoms with Crippen molar-refractivity contribution < 1.29 is 5.11 Å². The van der Waals surface area contributed by atoms with Crippen LogP contribution in [0.15, 0.2) is 48.8 Å². The lowest BCUT2D eigenvalue weighted by atomic mass is 10.0. The molecule has 0 spiro atoms. The molecule has 0 radical (unpaired) electrons. The van der Waals surface area contributed by atoms with Crippen LogP contribution in [0.4, 0.5) is 0 Å². The van der Waals surface area contributed by atoms with Gasteiger partial charge in [-0.1, -0.05) is 24.3 Å². The normalized spacial score (nSPS) is 12.7. The zero-order valence-corrected chi connectivity index (χ0v) is 11.4. The summed E-state index contributed by atoms with van der Waals surface area (Å²) >= 11 is 0. The summed E-state index contributed by atoms with van der Waals surface area (Å²) in [4.78, 5) is 4.36. The molecule has 2 heterocycles. The first-order chi connectivity index (χ1) is 9.75. The number of fused-ring (bicyclic) bond motifs is 1.